The van der Waals surface area contributed by atoms with Crippen molar-refractivity contribution in [3.8, 4) is 0 Å². The van der Waals surface area contributed by atoms with E-state index in [1.165, 1.54) is 38.9 Å². The van der Waals surface area contributed by atoms with Gasteiger partial charge in [0.25, 0.3) is 0 Å². The summed E-state index contributed by atoms with van der Waals surface area (Å²) < 4.78 is 5.71. The van der Waals surface area contributed by atoms with Gasteiger partial charge >= 0.3 is 0 Å². The highest BCUT2D eigenvalue weighted by Gasteiger charge is 2.18. The summed E-state index contributed by atoms with van der Waals surface area (Å²) in [6, 6.07) is 0. The van der Waals surface area contributed by atoms with E-state index in [-0.39, 0.29) is 0 Å². The van der Waals surface area contributed by atoms with Crippen molar-refractivity contribution in [2.24, 2.45) is 5.92 Å². The minimum absolute atomic E-state index is 0.808. The fraction of sp³-hybridized carbons (Fsp3) is 1.00. The second-order valence-electron chi connectivity index (χ2n) is 4.82. The Balaban J connectivity index is 1.95. The first-order valence-corrected chi connectivity index (χ1v) is 6.81. The lowest BCUT2D eigenvalue weighted by atomic mass is 9.98. The number of hydrogen-bond acceptors (Lipinski definition) is 3. The highest BCUT2D eigenvalue weighted by Crippen LogP contribution is 2.17. The van der Waals surface area contributed by atoms with Crippen molar-refractivity contribution >= 4 is 0 Å². The summed E-state index contributed by atoms with van der Waals surface area (Å²) in [6.45, 7) is 9.04. The topological polar surface area (TPSA) is 24.5 Å². The maximum atomic E-state index is 5.71. The predicted molar refractivity (Wildman–Crippen MR) is 68.8 cm³/mol. The van der Waals surface area contributed by atoms with Gasteiger partial charge in [-0.25, -0.2) is 0 Å². The minimum Gasteiger partial charge on any atom is -0.381 e. The number of piperidine rings is 1. The van der Waals surface area contributed by atoms with Gasteiger partial charge in [0.15, 0.2) is 0 Å². The standard InChI is InChI=1S/C13H28N2O/c1-3-8-15-9-5-13(6-10-15)12-16-11-4-7-14-2/h13-14H,3-12H2,1-2H3. The van der Waals surface area contributed by atoms with Gasteiger partial charge in [-0.3, -0.25) is 0 Å². The molecule has 16 heavy (non-hydrogen) atoms. The molecule has 1 saturated heterocycles. The Kier molecular flexibility index (Phi) is 7.81. The van der Waals surface area contributed by atoms with E-state index in [0.29, 0.717) is 0 Å². The normalized spacial score (nSPS) is 19.1. The highest BCUT2D eigenvalue weighted by atomic mass is 16.5. The zero-order valence-electron chi connectivity index (χ0n) is 11.0. The van der Waals surface area contributed by atoms with Gasteiger partial charge in [-0.1, -0.05) is 6.92 Å². The molecule has 1 aliphatic rings. The first kappa shape index (κ1) is 13.9. The predicted octanol–water partition coefficient (Wildman–Crippen LogP) is 1.73. The Labute approximate surface area is 101 Å². The molecule has 0 saturated carbocycles. The molecule has 0 unspecified atom stereocenters. The number of rotatable bonds is 8. The van der Waals surface area contributed by atoms with Crippen LogP contribution in [0.3, 0.4) is 0 Å². The zero-order valence-corrected chi connectivity index (χ0v) is 11.0. The molecule has 0 aromatic carbocycles. The molecule has 0 amide bonds. The van der Waals surface area contributed by atoms with Gasteiger partial charge in [-0.15, -0.1) is 0 Å². The number of nitrogens with zero attached hydrogens (tertiary/aromatic N) is 1. The SMILES string of the molecule is CCCN1CCC(COCCCNC)CC1. The van der Waals surface area contributed by atoms with Gasteiger partial charge in [-0.05, 0) is 64.8 Å². The molecule has 0 atom stereocenters. The third-order valence-electron chi connectivity index (χ3n) is 3.32. The Morgan fingerprint density at radius 2 is 2.06 bits per heavy atom. The molecule has 0 aliphatic carbocycles. The number of ether oxygens (including phenoxy) is 1. The average Bonchev–Trinajstić information content (AvgIpc) is 2.31. The van der Waals surface area contributed by atoms with Gasteiger partial charge in [0, 0.05) is 13.2 Å². The Bertz CT molecular complexity index is 156. The third kappa shape index (κ3) is 5.83. The fourth-order valence-corrected chi connectivity index (χ4v) is 2.29. The van der Waals surface area contributed by atoms with Crippen LogP contribution < -0.4 is 5.32 Å². The fourth-order valence-electron chi connectivity index (χ4n) is 2.29. The first-order valence-electron chi connectivity index (χ1n) is 6.81. The maximum absolute atomic E-state index is 5.71. The molecular formula is C13H28N2O. The van der Waals surface area contributed by atoms with Crippen LogP contribution in [0.15, 0.2) is 0 Å². The first-order chi connectivity index (χ1) is 7.86. The number of nitrogens with one attached hydrogen (secondary N) is 1. The van der Waals surface area contributed by atoms with Crippen molar-refractivity contribution in [2.45, 2.75) is 32.6 Å². The van der Waals surface area contributed by atoms with Gasteiger partial charge in [0.2, 0.25) is 0 Å². The van der Waals surface area contributed by atoms with E-state index in [0.717, 1.165) is 32.1 Å². The van der Waals surface area contributed by atoms with E-state index in [4.69, 9.17) is 4.74 Å². The molecule has 0 aromatic heterocycles. The van der Waals surface area contributed by atoms with Crippen LogP contribution in [0.2, 0.25) is 0 Å². The highest BCUT2D eigenvalue weighted by molar-refractivity contribution is 4.71. The van der Waals surface area contributed by atoms with E-state index in [1.807, 2.05) is 7.05 Å². The molecule has 0 aromatic rings. The van der Waals surface area contributed by atoms with Gasteiger partial charge in [0.1, 0.15) is 0 Å². The molecule has 0 radical (unpaired) electrons. The van der Waals surface area contributed by atoms with Crippen molar-refractivity contribution in [1.82, 2.24) is 10.2 Å². The molecule has 1 heterocycles. The quantitative estimate of drug-likeness (QED) is 0.640. The van der Waals surface area contributed by atoms with Crippen molar-refractivity contribution < 1.29 is 4.74 Å². The maximum Gasteiger partial charge on any atom is 0.0495 e. The second kappa shape index (κ2) is 8.97. The van der Waals surface area contributed by atoms with Gasteiger partial charge in [0.05, 0.1) is 0 Å². The molecule has 0 bridgehead atoms. The minimum atomic E-state index is 0.808. The summed E-state index contributed by atoms with van der Waals surface area (Å²) in [6.07, 6.45) is 5.06. The summed E-state index contributed by atoms with van der Waals surface area (Å²) >= 11 is 0. The Morgan fingerprint density at radius 1 is 1.31 bits per heavy atom. The Morgan fingerprint density at radius 3 is 2.69 bits per heavy atom. The van der Waals surface area contributed by atoms with E-state index in [2.05, 4.69) is 17.1 Å². The molecule has 1 fully saturated rings. The molecular weight excluding hydrogens is 200 g/mol. The molecule has 1 N–H and O–H groups in total. The van der Waals surface area contributed by atoms with Crippen LogP contribution in [0.4, 0.5) is 0 Å². The molecule has 3 nitrogen and oxygen atoms in total. The smallest absolute Gasteiger partial charge is 0.0495 e. The summed E-state index contributed by atoms with van der Waals surface area (Å²) in [5, 5.41) is 3.14. The van der Waals surface area contributed by atoms with E-state index in [9.17, 15) is 0 Å². The summed E-state index contributed by atoms with van der Waals surface area (Å²) in [7, 11) is 1.99. The van der Waals surface area contributed by atoms with Crippen LogP contribution in [0.25, 0.3) is 0 Å². The van der Waals surface area contributed by atoms with E-state index < -0.39 is 0 Å². The zero-order chi connectivity index (χ0) is 11.6. The monoisotopic (exact) mass is 228 g/mol. The van der Waals surface area contributed by atoms with Crippen molar-refractivity contribution in [3.63, 3.8) is 0 Å². The van der Waals surface area contributed by atoms with Crippen LogP contribution in [0, 0.1) is 5.92 Å². The summed E-state index contributed by atoms with van der Waals surface area (Å²) in [4.78, 5) is 2.58. The lowest BCUT2D eigenvalue weighted by Gasteiger charge is -2.31. The number of likely N-dealkylation sites (tertiary alicyclic amines) is 1. The van der Waals surface area contributed by atoms with Gasteiger partial charge in [-0.2, -0.15) is 0 Å². The van der Waals surface area contributed by atoms with Crippen LogP contribution in [-0.2, 0) is 4.74 Å². The second-order valence-corrected chi connectivity index (χ2v) is 4.82. The van der Waals surface area contributed by atoms with Crippen LogP contribution in [0.1, 0.15) is 32.6 Å². The van der Waals surface area contributed by atoms with Crippen LogP contribution in [0.5, 0.6) is 0 Å². The van der Waals surface area contributed by atoms with Crippen molar-refractivity contribution in [3.05, 3.63) is 0 Å². The molecule has 0 spiro atoms. The molecule has 1 aliphatic heterocycles. The third-order valence-corrected chi connectivity index (χ3v) is 3.32. The van der Waals surface area contributed by atoms with Crippen molar-refractivity contribution in [2.75, 3.05) is 46.4 Å². The molecule has 3 heteroatoms. The van der Waals surface area contributed by atoms with Gasteiger partial charge < -0.3 is 15.0 Å². The van der Waals surface area contributed by atoms with Crippen LogP contribution in [-0.4, -0.2) is 51.3 Å². The molecule has 96 valence electrons. The summed E-state index contributed by atoms with van der Waals surface area (Å²) in [5.41, 5.74) is 0. The number of hydrogen-bond donors (Lipinski definition) is 1. The van der Waals surface area contributed by atoms with E-state index in [1.54, 1.807) is 0 Å². The lowest BCUT2D eigenvalue weighted by molar-refractivity contribution is 0.0660. The average molecular weight is 228 g/mol. The van der Waals surface area contributed by atoms with E-state index >= 15 is 0 Å². The lowest BCUT2D eigenvalue weighted by Crippen LogP contribution is -2.35. The Hall–Kier alpha value is -0.120. The molecule has 1 rings (SSSR count). The summed E-state index contributed by atoms with van der Waals surface area (Å²) in [5.74, 6) is 0.808. The van der Waals surface area contributed by atoms with Crippen LogP contribution >= 0.6 is 0 Å². The largest absolute Gasteiger partial charge is 0.381 e. The van der Waals surface area contributed by atoms with Crippen molar-refractivity contribution in [1.29, 1.82) is 0 Å².